The number of methoxy groups -OCH3 is 1. The minimum atomic E-state index is -0.293. The SMILES string of the molecule is COc1cc(-c2cc(Cl)c(C(C)(C)C)cc2C)c2c(=O)[nH]ncc2n1. The number of fused-ring (bicyclic) bond motifs is 1. The van der Waals surface area contributed by atoms with Gasteiger partial charge in [0.1, 0.15) is 5.52 Å². The molecule has 0 aliphatic rings. The molecule has 2 aromatic heterocycles. The summed E-state index contributed by atoms with van der Waals surface area (Å²) in [7, 11) is 1.54. The number of aromatic nitrogens is 3. The molecule has 0 saturated carbocycles. The van der Waals surface area contributed by atoms with Crippen LogP contribution in [-0.2, 0) is 5.41 Å². The summed E-state index contributed by atoms with van der Waals surface area (Å²) in [4.78, 5) is 16.7. The van der Waals surface area contributed by atoms with Crippen molar-refractivity contribution < 1.29 is 4.74 Å². The molecule has 25 heavy (non-hydrogen) atoms. The van der Waals surface area contributed by atoms with E-state index in [9.17, 15) is 4.79 Å². The van der Waals surface area contributed by atoms with Crippen molar-refractivity contribution in [3.05, 3.63) is 50.9 Å². The molecule has 0 radical (unpaired) electrons. The predicted octanol–water partition coefficient (Wildman–Crippen LogP) is 4.25. The van der Waals surface area contributed by atoms with Crippen LogP contribution in [0.3, 0.4) is 0 Å². The Kier molecular flexibility index (Phi) is 4.29. The fourth-order valence-corrected chi connectivity index (χ4v) is 3.39. The number of halogens is 1. The van der Waals surface area contributed by atoms with Crippen molar-refractivity contribution in [2.24, 2.45) is 0 Å². The van der Waals surface area contributed by atoms with Crippen LogP contribution in [0.2, 0.25) is 5.02 Å². The van der Waals surface area contributed by atoms with Gasteiger partial charge in [-0.2, -0.15) is 5.10 Å². The van der Waals surface area contributed by atoms with Crippen molar-refractivity contribution in [2.45, 2.75) is 33.1 Å². The third-order valence-electron chi connectivity index (χ3n) is 4.23. The Morgan fingerprint density at radius 1 is 1.16 bits per heavy atom. The second-order valence-electron chi connectivity index (χ2n) is 7.07. The van der Waals surface area contributed by atoms with Gasteiger partial charge in [-0.25, -0.2) is 10.1 Å². The Balaban J connectivity index is 2.37. The van der Waals surface area contributed by atoms with Gasteiger partial charge in [-0.1, -0.05) is 38.4 Å². The zero-order valence-electron chi connectivity index (χ0n) is 14.9. The predicted molar refractivity (Wildman–Crippen MR) is 101 cm³/mol. The largest absolute Gasteiger partial charge is 0.481 e. The fourth-order valence-electron chi connectivity index (χ4n) is 2.94. The highest BCUT2D eigenvalue weighted by atomic mass is 35.5. The van der Waals surface area contributed by atoms with Crippen molar-refractivity contribution >= 4 is 22.5 Å². The molecule has 0 spiro atoms. The van der Waals surface area contributed by atoms with Gasteiger partial charge in [0, 0.05) is 16.7 Å². The Morgan fingerprint density at radius 3 is 2.52 bits per heavy atom. The number of nitrogens with one attached hydrogen (secondary N) is 1. The molecule has 3 rings (SSSR count). The van der Waals surface area contributed by atoms with Gasteiger partial charge < -0.3 is 4.74 Å². The maximum Gasteiger partial charge on any atom is 0.274 e. The summed E-state index contributed by atoms with van der Waals surface area (Å²) in [5.74, 6) is 0.422. The van der Waals surface area contributed by atoms with Crippen LogP contribution in [0.1, 0.15) is 31.9 Å². The molecular formula is C19H20ClN3O2. The molecule has 0 aliphatic carbocycles. The van der Waals surface area contributed by atoms with Gasteiger partial charge in [0.25, 0.3) is 5.56 Å². The third-order valence-corrected chi connectivity index (χ3v) is 4.54. The fraction of sp³-hybridized carbons (Fsp3) is 0.316. The van der Waals surface area contributed by atoms with Gasteiger partial charge >= 0.3 is 0 Å². The minimum absolute atomic E-state index is 0.0697. The molecule has 6 heteroatoms. The third kappa shape index (κ3) is 3.12. The van der Waals surface area contributed by atoms with Crippen LogP contribution in [0.15, 0.2) is 29.2 Å². The smallest absolute Gasteiger partial charge is 0.274 e. The molecule has 0 unspecified atom stereocenters. The maximum atomic E-state index is 12.4. The van der Waals surface area contributed by atoms with Gasteiger partial charge in [-0.15, -0.1) is 0 Å². The average molecular weight is 358 g/mol. The molecule has 0 aliphatic heterocycles. The summed E-state index contributed by atoms with van der Waals surface area (Å²) in [5.41, 5.74) is 3.81. The van der Waals surface area contributed by atoms with E-state index in [0.29, 0.717) is 21.8 Å². The number of ether oxygens (including phenoxy) is 1. The van der Waals surface area contributed by atoms with E-state index >= 15 is 0 Å². The Morgan fingerprint density at radius 2 is 1.88 bits per heavy atom. The van der Waals surface area contributed by atoms with E-state index in [1.807, 2.05) is 13.0 Å². The Labute approximate surface area is 151 Å². The highest BCUT2D eigenvalue weighted by Gasteiger charge is 2.21. The molecule has 1 N–H and O–H groups in total. The summed E-state index contributed by atoms with van der Waals surface area (Å²) in [6.45, 7) is 8.37. The average Bonchev–Trinajstić information content (AvgIpc) is 2.54. The van der Waals surface area contributed by atoms with E-state index in [2.05, 4.69) is 42.0 Å². The van der Waals surface area contributed by atoms with Gasteiger partial charge in [0.2, 0.25) is 5.88 Å². The lowest BCUT2D eigenvalue weighted by Crippen LogP contribution is -2.13. The zero-order chi connectivity index (χ0) is 18.4. The van der Waals surface area contributed by atoms with Crippen LogP contribution in [0.5, 0.6) is 5.88 Å². The summed E-state index contributed by atoms with van der Waals surface area (Å²) >= 11 is 6.56. The molecule has 130 valence electrons. The van der Waals surface area contributed by atoms with E-state index in [4.69, 9.17) is 16.3 Å². The first-order valence-corrected chi connectivity index (χ1v) is 8.33. The lowest BCUT2D eigenvalue weighted by molar-refractivity contribution is 0.399. The molecule has 0 amide bonds. The van der Waals surface area contributed by atoms with E-state index in [1.54, 1.807) is 13.2 Å². The molecule has 1 aromatic carbocycles. The summed E-state index contributed by atoms with van der Waals surface area (Å²) in [5, 5.41) is 7.44. The molecule has 2 heterocycles. The highest BCUT2D eigenvalue weighted by molar-refractivity contribution is 6.32. The number of aromatic amines is 1. The number of hydrogen-bond acceptors (Lipinski definition) is 4. The van der Waals surface area contributed by atoms with Crippen molar-refractivity contribution in [3.63, 3.8) is 0 Å². The first kappa shape index (κ1) is 17.4. The van der Waals surface area contributed by atoms with Crippen LogP contribution in [0.4, 0.5) is 0 Å². The lowest BCUT2D eigenvalue weighted by atomic mass is 9.84. The second kappa shape index (κ2) is 6.15. The minimum Gasteiger partial charge on any atom is -0.481 e. The van der Waals surface area contributed by atoms with E-state index in [1.165, 1.54) is 6.20 Å². The van der Waals surface area contributed by atoms with Crippen LogP contribution in [0, 0.1) is 6.92 Å². The van der Waals surface area contributed by atoms with Crippen molar-refractivity contribution in [3.8, 4) is 17.0 Å². The maximum absolute atomic E-state index is 12.4. The Bertz CT molecular complexity index is 1020. The number of rotatable bonds is 2. The number of hydrogen-bond donors (Lipinski definition) is 1. The monoisotopic (exact) mass is 357 g/mol. The summed E-state index contributed by atoms with van der Waals surface area (Å²) in [6.07, 6.45) is 1.52. The number of aryl methyl sites for hydroxylation is 1. The van der Waals surface area contributed by atoms with Gasteiger partial charge in [0.15, 0.2) is 0 Å². The van der Waals surface area contributed by atoms with Crippen LogP contribution >= 0.6 is 11.6 Å². The number of pyridine rings is 1. The quantitative estimate of drug-likeness (QED) is 0.744. The zero-order valence-corrected chi connectivity index (χ0v) is 15.7. The van der Waals surface area contributed by atoms with Gasteiger partial charge in [0.05, 0.1) is 18.7 Å². The molecule has 0 saturated heterocycles. The number of nitrogens with zero attached hydrogens (tertiary/aromatic N) is 2. The number of H-pyrrole nitrogens is 1. The first-order chi connectivity index (χ1) is 11.7. The number of benzene rings is 1. The van der Waals surface area contributed by atoms with Crippen LogP contribution in [-0.4, -0.2) is 22.3 Å². The van der Waals surface area contributed by atoms with Crippen molar-refractivity contribution in [1.82, 2.24) is 15.2 Å². The first-order valence-electron chi connectivity index (χ1n) is 7.96. The highest BCUT2D eigenvalue weighted by Crippen LogP contribution is 2.37. The summed E-state index contributed by atoms with van der Waals surface area (Å²) < 4.78 is 5.29. The van der Waals surface area contributed by atoms with Crippen molar-refractivity contribution in [1.29, 1.82) is 0 Å². The second-order valence-corrected chi connectivity index (χ2v) is 7.48. The lowest BCUT2D eigenvalue weighted by Gasteiger charge is -2.23. The molecular weight excluding hydrogens is 338 g/mol. The van der Waals surface area contributed by atoms with Crippen LogP contribution < -0.4 is 10.3 Å². The van der Waals surface area contributed by atoms with Crippen LogP contribution in [0.25, 0.3) is 22.0 Å². The summed E-state index contributed by atoms with van der Waals surface area (Å²) in [6, 6.07) is 5.74. The Hall–Kier alpha value is -2.40. The van der Waals surface area contributed by atoms with E-state index in [-0.39, 0.29) is 11.0 Å². The molecule has 5 nitrogen and oxygen atoms in total. The van der Waals surface area contributed by atoms with Gasteiger partial charge in [-0.05, 0) is 35.1 Å². The van der Waals surface area contributed by atoms with E-state index < -0.39 is 0 Å². The molecule has 0 fully saturated rings. The van der Waals surface area contributed by atoms with Gasteiger partial charge in [-0.3, -0.25) is 4.79 Å². The standard InChI is InChI=1S/C19H20ClN3O2/c1-10-6-13(19(2,3)4)14(20)7-11(10)12-8-16(25-5)22-15-9-21-23-18(24)17(12)15/h6-9H,1-5H3,(H,23,24). The van der Waals surface area contributed by atoms with E-state index in [0.717, 1.165) is 22.3 Å². The molecule has 0 bridgehead atoms. The normalized spacial score (nSPS) is 11.8. The molecule has 3 aromatic rings. The topological polar surface area (TPSA) is 67.9 Å². The van der Waals surface area contributed by atoms with Crippen molar-refractivity contribution in [2.75, 3.05) is 7.11 Å². The molecule has 0 atom stereocenters.